The Morgan fingerprint density at radius 2 is 1.74 bits per heavy atom. The van der Waals surface area contributed by atoms with Crippen molar-refractivity contribution in [2.45, 2.75) is 33.6 Å². The number of anilines is 2. The average Bonchev–Trinajstić information content (AvgIpc) is 2.45. The smallest absolute Gasteiger partial charge is 0.145 e. The molecule has 0 saturated carbocycles. The van der Waals surface area contributed by atoms with Crippen LogP contribution in [0.4, 0.5) is 11.6 Å². The van der Waals surface area contributed by atoms with Crippen molar-refractivity contribution in [3.05, 3.63) is 10.8 Å². The normalized spacial score (nSPS) is 11.4. The molecule has 0 unspecified atom stereocenters. The molecular formula is C13H23BrN4O. The minimum atomic E-state index is -0.0945. The molecule has 0 spiro atoms. The lowest BCUT2D eigenvalue weighted by molar-refractivity contribution is 0.127. The van der Waals surface area contributed by atoms with Gasteiger partial charge in [0.2, 0.25) is 0 Å². The van der Waals surface area contributed by atoms with Gasteiger partial charge in [-0.3, -0.25) is 0 Å². The Kier molecular flexibility index (Phi) is 6.51. The molecule has 0 radical (unpaired) electrons. The van der Waals surface area contributed by atoms with Crippen molar-refractivity contribution in [2.75, 3.05) is 30.3 Å². The van der Waals surface area contributed by atoms with Gasteiger partial charge in [-0.25, -0.2) is 9.97 Å². The molecule has 108 valence electrons. The number of hydrogen-bond acceptors (Lipinski definition) is 5. The summed E-state index contributed by atoms with van der Waals surface area (Å²) in [4.78, 5) is 8.41. The Hall–Kier alpha value is -0.880. The lowest BCUT2D eigenvalue weighted by atomic mass is 9.83. The first kappa shape index (κ1) is 16.2. The Morgan fingerprint density at radius 1 is 1.16 bits per heavy atom. The van der Waals surface area contributed by atoms with Crippen LogP contribution in [0.3, 0.4) is 0 Å². The van der Waals surface area contributed by atoms with Crippen LogP contribution >= 0.6 is 15.9 Å². The van der Waals surface area contributed by atoms with Crippen molar-refractivity contribution in [1.29, 1.82) is 0 Å². The number of nitrogens with zero attached hydrogens (tertiary/aromatic N) is 2. The van der Waals surface area contributed by atoms with E-state index in [0.29, 0.717) is 6.54 Å². The van der Waals surface area contributed by atoms with Crippen molar-refractivity contribution in [1.82, 2.24) is 9.97 Å². The molecule has 19 heavy (non-hydrogen) atoms. The Balaban J connectivity index is 2.80. The summed E-state index contributed by atoms with van der Waals surface area (Å²) in [6.07, 6.45) is 3.38. The first-order chi connectivity index (χ1) is 9.12. The van der Waals surface area contributed by atoms with E-state index in [1.54, 1.807) is 0 Å². The standard InChI is InChI=1S/C13H23BrN4O/c1-4-13(5-2,8-19)7-16-12-10(14)11(15-6-3)17-9-18-12/h9,19H,4-8H2,1-3H3,(H2,15,16,17,18). The van der Waals surface area contributed by atoms with Crippen LogP contribution in [0, 0.1) is 5.41 Å². The summed E-state index contributed by atoms with van der Waals surface area (Å²) in [5.41, 5.74) is -0.0945. The van der Waals surface area contributed by atoms with Gasteiger partial charge in [-0.2, -0.15) is 0 Å². The zero-order valence-corrected chi connectivity index (χ0v) is 13.4. The van der Waals surface area contributed by atoms with Crippen molar-refractivity contribution in [3.8, 4) is 0 Å². The zero-order valence-electron chi connectivity index (χ0n) is 11.8. The summed E-state index contributed by atoms with van der Waals surface area (Å²) in [6, 6.07) is 0. The summed E-state index contributed by atoms with van der Waals surface area (Å²) in [5.74, 6) is 1.54. The summed E-state index contributed by atoms with van der Waals surface area (Å²) in [7, 11) is 0. The molecule has 0 aliphatic rings. The van der Waals surface area contributed by atoms with Gasteiger partial charge in [0.1, 0.15) is 22.4 Å². The monoisotopic (exact) mass is 330 g/mol. The largest absolute Gasteiger partial charge is 0.396 e. The molecule has 0 aromatic carbocycles. The highest BCUT2D eigenvalue weighted by Gasteiger charge is 2.25. The molecule has 0 aliphatic carbocycles. The molecule has 0 amide bonds. The second kappa shape index (κ2) is 7.65. The van der Waals surface area contributed by atoms with Crippen LogP contribution in [0.25, 0.3) is 0 Å². The second-order valence-corrected chi connectivity index (χ2v) is 5.43. The number of aliphatic hydroxyl groups excluding tert-OH is 1. The SMILES string of the molecule is CCNc1ncnc(NCC(CC)(CC)CO)c1Br. The molecule has 1 heterocycles. The van der Waals surface area contributed by atoms with Crippen LogP contribution in [-0.4, -0.2) is 34.8 Å². The van der Waals surface area contributed by atoms with Crippen molar-refractivity contribution in [3.63, 3.8) is 0 Å². The summed E-state index contributed by atoms with van der Waals surface area (Å²) < 4.78 is 0.830. The fraction of sp³-hybridized carbons (Fsp3) is 0.692. The number of hydrogen-bond donors (Lipinski definition) is 3. The molecular weight excluding hydrogens is 308 g/mol. The second-order valence-electron chi connectivity index (χ2n) is 4.63. The fourth-order valence-electron chi connectivity index (χ4n) is 1.83. The van der Waals surface area contributed by atoms with E-state index in [9.17, 15) is 5.11 Å². The highest BCUT2D eigenvalue weighted by Crippen LogP contribution is 2.30. The Bertz CT molecular complexity index is 388. The van der Waals surface area contributed by atoms with Crippen LogP contribution in [0.15, 0.2) is 10.8 Å². The minimum absolute atomic E-state index is 0.0945. The van der Waals surface area contributed by atoms with Gasteiger partial charge >= 0.3 is 0 Å². The van der Waals surface area contributed by atoms with Gasteiger partial charge in [-0.1, -0.05) is 13.8 Å². The van der Waals surface area contributed by atoms with E-state index < -0.39 is 0 Å². The Morgan fingerprint density at radius 3 is 2.21 bits per heavy atom. The molecule has 5 nitrogen and oxygen atoms in total. The van der Waals surface area contributed by atoms with Gasteiger partial charge in [0.25, 0.3) is 0 Å². The maximum absolute atomic E-state index is 9.57. The first-order valence-corrected chi connectivity index (χ1v) is 7.50. The molecule has 6 heteroatoms. The number of halogens is 1. The quantitative estimate of drug-likeness (QED) is 0.683. The van der Waals surface area contributed by atoms with Crippen molar-refractivity contribution >= 4 is 27.6 Å². The molecule has 1 aromatic heterocycles. The van der Waals surface area contributed by atoms with Gasteiger partial charge in [-0.05, 0) is 35.7 Å². The molecule has 0 aliphatic heterocycles. The van der Waals surface area contributed by atoms with Crippen LogP contribution in [-0.2, 0) is 0 Å². The number of nitrogens with one attached hydrogen (secondary N) is 2. The van der Waals surface area contributed by atoms with Crippen LogP contribution in [0.1, 0.15) is 33.6 Å². The first-order valence-electron chi connectivity index (χ1n) is 6.71. The third-order valence-electron chi connectivity index (χ3n) is 3.60. The fourth-order valence-corrected chi connectivity index (χ4v) is 2.32. The van der Waals surface area contributed by atoms with Gasteiger partial charge in [0, 0.05) is 18.5 Å². The minimum Gasteiger partial charge on any atom is -0.396 e. The molecule has 0 fully saturated rings. The summed E-state index contributed by atoms with van der Waals surface area (Å²) in [5, 5.41) is 16.0. The van der Waals surface area contributed by atoms with E-state index in [0.717, 1.165) is 35.5 Å². The lowest BCUT2D eigenvalue weighted by Gasteiger charge is -2.30. The van der Waals surface area contributed by atoms with Gasteiger partial charge in [0.15, 0.2) is 0 Å². The van der Waals surface area contributed by atoms with Gasteiger partial charge in [-0.15, -0.1) is 0 Å². The van der Waals surface area contributed by atoms with E-state index in [2.05, 4.69) is 50.4 Å². The van der Waals surface area contributed by atoms with Crippen LogP contribution in [0.2, 0.25) is 0 Å². The molecule has 0 saturated heterocycles. The topological polar surface area (TPSA) is 70.1 Å². The summed E-state index contributed by atoms with van der Waals surface area (Å²) >= 11 is 3.50. The highest BCUT2D eigenvalue weighted by molar-refractivity contribution is 9.10. The Labute approximate surface area is 123 Å². The molecule has 0 atom stereocenters. The zero-order chi connectivity index (χ0) is 14.3. The third-order valence-corrected chi connectivity index (χ3v) is 4.35. The van der Waals surface area contributed by atoms with E-state index in [-0.39, 0.29) is 12.0 Å². The van der Waals surface area contributed by atoms with Crippen molar-refractivity contribution in [2.24, 2.45) is 5.41 Å². The molecule has 0 bridgehead atoms. The van der Waals surface area contributed by atoms with E-state index in [1.807, 2.05) is 6.92 Å². The lowest BCUT2D eigenvalue weighted by Crippen LogP contribution is -2.32. The van der Waals surface area contributed by atoms with E-state index in [4.69, 9.17) is 0 Å². The predicted molar refractivity (Wildman–Crippen MR) is 82.5 cm³/mol. The predicted octanol–water partition coefficient (Wildman–Crippen LogP) is 2.88. The summed E-state index contributed by atoms with van der Waals surface area (Å²) in [6.45, 7) is 7.89. The molecule has 3 N–H and O–H groups in total. The van der Waals surface area contributed by atoms with Crippen LogP contribution in [0.5, 0.6) is 0 Å². The van der Waals surface area contributed by atoms with Gasteiger partial charge < -0.3 is 15.7 Å². The maximum atomic E-state index is 9.57. The third kappa shape index (κ3) is 4.04. The average molecular weight is 331 g/mol. The number of aromatic nitrogens is 2. The highest BCUT2D eigenvalue weighted by atomic mass is 79.9. The van der Waals surface area contributed by atoms with Crippen molar-refractivity contribution < 1.29 is 5.11 Å². The van der Waals surface area contributed by atoms with Gasteiger partial charge in [0.05, 0.1) is 6.61 Å². The van der Waals surface area contributed by atoms with E-state index in [1.165, 1.54) is 6.33 Å². The molecule has 1 aromatic rings. The number of aliphatic hydroxyl groups is 1. The van der Waals surface area contributed by atoms with Crippen LogP contribution < -0.4 is 10.6 Å². The molecule has 1 rings (SSSR count). The van der Waals surface area contributed by atoms with E-state index >= 15 is 0 Å². The number of rotatable bonds is 8. The maximum Gasteiger partial charge on any atom is 0.145 e.